The van der Waals surface area contributed by atoms with Gasteiger partial charge in [-0.25, -0.2) is 9.78 Å². The zero-order valence-electron chi connectivity index (χ0n) is 20.6. The number of hydrogen-bond acceptors (Lipinski definition) is 6. The number of aromatic nitrogens is 2. The van der Waals surface area contributed by atoms with Crippen molar-refractivity contribution >= 4 is 16.9 Å². The normalized spacial score (nSPS) is 12.1. The summed E-state index contributed by atoms with van der Waals surface area (Å²) in [7, 11) is 0. The fraction of sp³-hybridized carbons (Fsp3) is 0.0667. The van der Waals surface area contributed by atoms with Crippen LogP contribution in [-0.2, 0) is 9.53 Å². The predicted octanol–water partition coefficient (Wildman–Crippen LogP) is 5.86. The molecule has 0 radical (unpaired) electrons. The average molecular weight is 541 g/mol. The second kappa shape index (κ2) is 10.5. The summed E-state index contributed by atoms with van der Waals surface area (Å²) in [4.78, 5) is 31.8. The van der Waals surface area contributed by atoms with Crippen LogP contribution in [0.25, 0.3) is 44.4 Å². The number of carbonyl (C=O) groups excluding carboxylic acids is 1. The molecule has 0 fully saturated rings. The van der Waals surface area contributed by atoms with Crippen LogP contribution in [0, 0.1) is 11.3 Å². The Bertz CT molecular complexity index is 1830. The first-order valence-corrected chi connectivity index (χ1v) is 11.9. The van der Waals surface area contributed by atoms with Gasteiger partial charge in [-0.05, 0) is 17.7 Å². The fourth-order valence-electron chi connectivity index (χ4n) is 4.33. The highest BCUT2D eigenvalue weighted by Gasteiger charge is 2.42. The number of nitrogens with two attached hydrogens (primary N) is 1. The van der Waals surface area contributed by atoms with Crippen molar-refractivity contribution in [3.05, 3.63) is 113 Å². The van der Waals surface area contributed by atoms with E-state index in [1.54, 1.807) is 42.5 Å². The molecule has 7 nitrogen and oxygen atoms in total. The van der Waals surface area contributed by atoms with Crippen molar-refractivity contribution in [2.75, 3.05) is 0 Å². The summed E-state index contributed by atoms with van der Waals surface area (Å²) in [6, 6.07) is 26.1. The lowest BCUT2D eigenvalue weighted by Crippen LogP contribution is -2.29. The molecule has 2 heterocycles. The molecule has 0 saturated carbocycles. The Morgan fingerprint density at radius 2 is 1.60 bits per heavy atom. The second-order valence-electron chi connectivity index (χ2n) is 8.78. The van der Waals surface area contributed by atoms with Crippen LogP contribution in [0.3, 0.4) is 0 Å². The van der Waals surface area contributed by atoms with E-state index in [1.807, 2.05) is 30.3 Å². The summed E-state index contributed by atoms with van der Waals surface area (Å²) < 4.78 is 42.1. The van der Waals surface area contributed by atoms with Gasteiger partial charge in [-0.15, -0.1) is 0 Å². The molecular weight excluding hydrogens is 521 g/mol. The SMILES string of the molecule is N#Cc1ccccc1-c1c[nH]c(=O)c2cc(-c3ccccc3)c(-c3ccc(C(N)OC(=O)C(F)(F)F)cc3)nc12. The van der Waals surface area contributed by atoms with Gasteiger partial charge in [0, 0.05) is 34.0 Å². The largest absolute Gasteiger partial charge is 0.490 e. The van der Waals surface area contributed by atoms with Crippen molar-refractivity contribution in [2.45, 2.75) is 12.4 Å². The monoisotopic (exact) mass is 540 g/mol. The number of fused-ring (bicyclic) bond motifs is 1. The standard InChI is InChI=1S/C30H19F3N4O3/c31-30(32,33)29(39)40-27(35)19-12-10-18(11-13-19)25-22(17-6-2-1-3-7-17)14-23-26(37-25)24(16-36-28(23)38)21-9-5-4-8-20(21)15-34/h1-14,16,27H,35H2,(H,36,38). The number of nitrogens with one attached hydrogen (secondary N) is 1. The van der Waals surface area contributed by atoms with E-state index in [-0.39, 0.29) is 11.1 Å². The molecule has 1 atom stereocenters. The van der Waals surface area contributed by atoms with Crippen LogP contribution in [0.1, 0.15) is 17.4 Å². The zero-order chi connectivity index (χ0) is 28.4. The van der Waals surface area contributed by atoms with E-state index in [0.29, 0.717) is 44.4 Å². The molecule has 3 aromatic carbocycles. The van der Waals surface area contributed by atoms with Crippen molar-refractivity contribution in [3.63, 3.8) is 0 Å². The number of benzene rings is 3. The molecule has 5 aromatic rings. The molecule has 0 aliphatic rings. The molecule has 2 aromatic heterocycles. The Labute approximate surface area is 225 Å². The van der Waals surface area contributed by atoms with E-state index in [0.717, 1.165) is 5.56 Å². The first-order chi connectivity index (χ1) is 19.2. The highest BCUT2D eigenvalue weighted by atomic mass is 19.4. The van der Waals surface area contributed by atoms with Gasteiger partial charge in [0.15, 0.2) is 6.23 Å². The zero-order valence-corrected chi connectivity index (χ0v) is 20.6. The number of pyridine rings is 2. The van der Waals surface area contributed by atoms with E-state index >= 15 is 0 Å². The van der Waals surface area contributed by atoms with E-state index in [9.17, 15) is 28.0 Å². The van der Waals surface area contributed by atoms with E-state index in [4.69, 9.17) is 10.7 Å². The average Bonchev–Trinajstić information content (AvgIpc) is 2.97. The van der Waals surface area contributed by atoms with Crippen LogP contribution in [0.5, 0.6) is 0 Å². The van der Waals surface area contributed by atoms with Gasteiger partial charge in [-0.2, -0.15) is 18.4 Å². The topological polar surface area (TPSA) is 122 Å². The van der Waals surface area contributed by atoms with Crippen molar-refractivity contribution in [3.8, 4) is 39.6 Å². The maximum atomic E-state index is 12.9. The van der Waals surface area contributed by atoms with Crippen LogP contribution in [0.4, 0.5) is 13.2 Å². The first kappa shape index (κ1) is 26.3. The molecule has 0 saturated heterocycles. The molecule has 0 spiro atoms. The third-order valence-electron chi connectivity index (χ3n) is 6.27. The van der Waals surface area contributed by atoms with Crippen LogP contribution in [-0.4, -0.2) is 22.1 Å². The molecule has 5 rings (SSSR count). The van der Waals surface area contributed by atoms with E-state index in [1.165, 1.54) is 18.3 Å². The van der Waals surface area contributed by atoms with Gasteiger partial charge in [0.05, 0.1) is 28.2 Å². The number of carbonyl (C=O) groups is 1. The minimum atomic E-state index is -5.17. The predicted molar refractivity (Wildman–Crippen MR) is 142 cm³/mol. The number of nitrogens with zero attached hydrogens (tertiary/aromatic N) is 2. The van der Waals surface area contributed by atoms with Gasteiger partial charge in [-0.3, -0.25) is 10.5 Å². The van der Waals surface area contributed by atoms with Crippen molar-refractivity contribution in [1.29, 1.82) is 5.26 Å². The van der Waals surface area contributed by atoms with Crippen LogP contribution in [0.2, 0.25) is 0 Å². The lowest BCUT2D eigenvalue weighted by Gasteiger charge is -2.16. The Kier molecular flexibility index (Phi) is 6.90. The number of rotatable bonds is 5. The maximum Gasteiger partial charge on any atom is 0.490 e. The molecule has 198 valence electrons. The lowest BCUT2D eigenvalue weighted by molar-refractivity contribution is -0.205. The van der Waals surface area contributed by atoms with Gasteiger partial charge >= 0.3 is 12.1 Å². The molecule has 0 bridgehead atoms. The Morgan fingerprint density at radius 3 is 2.27 bits per heavy atom. The summed E-state index contributed by atoms with van der Waals surface area (Å²) >= 11 is 0. The Hall–Kier alpha value is -5.27. The molecule has 3 N–H and O–H groups in total. The number of H-pyrrole nitrogens is 1. The third-order valence-corrected chi connectivity index (χ3v) is 6.27. The van der Waals surface area contributed by atoms with Gasteiger partial charge in [0.25, 0.3) is 5.56 Å². The Morgan fingerprint density at radius 1 is 0.925 bits per heavy atom. The molecule has 40 heavy (non-hydrogen) atoms. The lowest BCUT2D eigenvalue weighted by atomic mass is 9.94. The summed E-state index contributed by atoms with van der Waals surface area (Å²) in [6.45, 7) is 0. The second-order valence-corrected chi connectivity index (χ2v) is 8.78. The summed E-state index contributed by atoms with van der Waals surface area (Å²) in [5.74, 6) is -2.39. The van der Waals surface area contributed by atoms with Crippen molar-refractivity contribution < 1.29 is 22.7 Å². The number of hydrogen-bond donors (Lipinski definition) is 2. The van der Waals surface area contributed by atoms with E-state index < -0.39 is 18.4 Å². The van der Waals surface area contributed by atoms with Crippen molar-refractivity contribution in [1.82, 2.24) is 9.97 Å². The number of aromatic amines is 1. The summed E-state index contributed by atoms with van der Waals surface area (Å²) in [5.41, 5.74) is 9.81. The molecule has 1 unspecified atom stereocenters. The molecular formula is C30H19F3N4O3. The van der Waals surface area contributed by atoms with Crippen LogP contribution >= 0.6 is 0 Å². The quantitative estimate of drug-likeness (QED) is 0.213. The van der Waals surface area contributed by atoms with Gasteiger partial charge < -0.3 is 9.72 Å². The summed E-state index contributed by atoms with van der Waals surface area (Å²) in [6.07, 6.45) is -5.29. The fourth-order valence-corrected chi connectivity index (χ4v) is 4.33. The minimum absolute atomic E-state index is 0.142. The van der Waals surface area contributed by atoms with Gasteiger partial charge in [-0.1, -0.05) is 72.8 Å². The number of halogens is 3. The number of ether oxygens (including phenoxy) is 1. The highest BCUT2D eigenvalue weighted by molar-refractivity contribution is 5.99. The molecule has 0 aliphatic heterocycles. The van der Waals surface area contributed by atoms with Crippen molar-refractivity contribution in [2.24, 2.45) is 5.73 Å². The minimum Gasteiger partial charge on any atom is -0.436 e. The highest BCUT2D eigenvalue weighted by Crippen LogP contribution is 2.36. The Balaban J connectivity index is 1.69. The molecule has 0 amide bonds. The first-order valence-electron chi connectivity index (χ1n) is 11.9. The van der Waals surface area contributed by atoms with E-state index in [2.05, 4.69) is 15.8 Å². The van der Waals surface area contributed by atoms with Gasteiger partial charge in [0.2, 0.25) is 0 Å². The number of nitriles is 1. The third kappa shape index (κ3) is 5.06. The maximum absolute atomic E-state index is 12.9. The van der Waals surface area contributed by atoms with Gasteiger partial charge in [0.1, 0.15) is 0 Å². The van der Waals surface area contributed by atoms with Crippen LogP contribution < -0.4 is 11.3 Å². The number of esters is 1. The smallest absolute Gasteiger partial charge is 0.436 e. The molecule has 0 aliphatic carbocycles. The van der Waals surface area contributed by atoms with Crippen LogP contribution in [0.15, 0.2) is 95.9 Å². The molecule has 10 heteroatoms. The summed E-state index contributed by atoms with van der Waals surface area (Å²) in [5, 5.41) is 9.97. The number of alkyl halides is 3.